The average molecular weight is 294 g/mol. The van der Waals surface area contributed by atoms with E-state index in [2.05, 4.69) is 9.97 Å². The number of aliphatic hydroxyl groups excluding tert-OH is 1. The van der Waals surface area contributed by atoms with Crippen molar-refractivity contribution in [3.05, 3.63) is 18.6 Å². The zero-order chi connectivity index (χ0) is 15.0. The highest BCUT2D eigenvalue weighted by Crippen LogP contribution is 2.33. The second-order valence-electron chi connectivity index (χ2n) is 4.94. The van der Waals surface area contributed by atoms with Gasteiger partial charge in [-0.15, -0.1) is 0 Å². The molecule has 0 amide bonds. The molecule has 0 aliphatic carbocycles. The van der Waals surface area contributed by atoms with E-state index in [1.807, 2.05) is 0 Å². The van der Waals surface area contributed by atoms with Crippen LogP contribution in [0, 0.1) is 0 Å². The lowest BCUT2D eigenvalue weighted by atomic mass is 10.1. The van der Waals surface area contributed by atoms with Gasteiger partial charge in [0.15, 0.2) is 11.9 Å². The second-order valence-corrected chi connectivity index (χ2v) is 4.94. The fraction of sp³-hybridized carbons (Fsp3) is 0.538. The summed E-state index contributed by atoms with van der Waals surface area (Å²) in [7, 11) is 3.11. The third kappa shape index (κ3) is 2.26. The number of aliphatic hydroxyl groups is 1. The Bertz CT molecular complexity index is 632. The molecule has 0 radical (unpaired) electrons. The number of fused-ring (bicyclic) bond motifs is 1. The van der Waals surface area contributed by atoms with Crippen LogP contribution in [-0.2, 0) is 14.2 Å². The number of methoxy groups -OCH3 is 2. The number of hydrogen-bond acceptors (Lipinski definition) is 7. The van der Waals surface area contributed by atoms with Gasteiger partial charge in [-0.05, 0) is 6.07 Å². The van der Waals surface area contributed by atoms with Gasteiger partial charge in [-0.2, -0.15) is 0 Å². The molecular formula is C13H18N4O4. The molecule has 21 heavy (non-hydrogen) atoms. The molecule has 0 unspecified atom stereocenters. The van der Waals surface area contributed by atoms with E-state index in [0.29, 0.717) is 23.5 Å². The zero-order valence-corrected chi connectivity index (χ0v) is 11.8. The summed E-state index contributed by atoms with van der Waals surface area (Å²) in [5.74, 6) is 0. The first kappa shape index (κ1) is 14.2. The van der Waals surface area contributed by atoms with Gasteiger partial charge in [-0.25, -0.2) is 9.97 Å². The lowest BCUT2D eigenvalue weighted by Gasteiger charge is -2.18. The van der Waals surface area contributed by atoms with E-state index in [9.17, 15) is 5.11 Å². The predicted molar refractivity (Wildman–Crippen MR) is 74.5 cm³/mol. The zero-order valence-electron chi connectivity index (χ0n) is 11.8. The number of aromatic nitrogens is 3. The molecule has 1 aliphatic heterocycles. The monoisotopic (exact) mass is 294 g/mol. The Hall–Kier alpha value is -1.74. The molecule has 2 aromatic heterocycles. The number of anilines is 1. The Morgan fingerprint density at radius 2 is 2.24 bits per heavy atom. The van der Waals surface area contributed by atoms with Crippen LogP contribution < -0.4 is 5.73 Å². The first-order valence-electron chi connectivity index (χ1n) is 6.59. The summed E-state index contributed by atoms with van der Waals surface area (Å²) in [5.41, 5.74) is 7.54. The van der Waals surface area contributed by atoms with Crippen LogP contribution in [0.4, 0.5) is 5.69 Å². The minimum Gasteiger partial charge on any atom is -0.397 e. The Labute approximate surface area is 121 Å². The molecule has 8 heteroatoms. The third-order valence-corrected chi connectivity index (χ3v) is 3.68. The largest absolute Gasteiger partial charge is 0.397 e. The third-order valence-electron chi connectivity index (χ3n) is 3.68. The number of nitrogens with two attached hydrogens (primary N) is 1. The normalized spacial score (nSPS) is 29.3. The summed E-state index contributed by atoms with van der Waals surface area (Å²) in [5, 5.41) is 10.4. The highest BCUT2D eigenvalue weighted by atomic mass is 16.6. The van der Waals surface area contributed by atoms with Crippen molar-refractivity contribution in [1.29, 1.82) is 0 Å². The summed E-state index contributed by atoms with van der Waals surface area (Å²) < 4.78 is 17.9. The summed E-state index contributed by atoms with van der Waals surface area (Å²) in [6.45, 7) is 0.328. The number of rotatable bonds is 4. The number of imidazole rings is 1. The van der Waals surface area contributed by atoms with E-state index in [-0.39, 0.29) is 6.10 Å². The van der Waals surface area contributed by atoms with Gasteiger partial charge < -0.3 is 25.1 Å². The molecule has 8 nitrogen and oxygen atoms in total. The lowest BCUT2D eigenvalue weighted by Crippen LogP contribution is -2.35. The summed E-state index contributed by atoms with van der Waals surface area (Å²) in [4.78, 5) is 8.49. The molecule has 0 spiro atoms. The Morgan fingerprint density at radius 1 is 1.43 bits per heavy atom. The maximum atomic E-state index is 10.4. The van der Waals surface area contributed by atoms with Crippen molar-refractivity contribution in [3.8, 4) is 0 Å². The second kappa shape index (κ2) is 5.57. The number of hydrogen-bond donors (Lipinski definition) is 2. The van der Waals surface area contributed by atoms with E-state index in [4.69, 9.17) is 19.9 Å². The molecule has 3 heterocycles. The standard InChI is InChI=1S/C13H18N4O4/c1-19-5-8-11(20-2)10(18)13(21-8)17-6-16-9-7(14)3-4-15-12(9)17/h3-4,6,8,10-11,13,18H,5H2,1-2H3,(H2,14,15)/t8-,10+,11-,13-/m1/s1. The Morgan fingerprint density at radius 3 is 2.95 bits per heavy atom. The molecule has 3 N–H and O–H groups in total. The van der Waals surface area contributed by atoms with E-state index in [1.165, 1.54) is 7.11 Å². The molecule has 114 valence electrons. The fourth-order valence-electron chi connectivity index (χ4n) is 2.68. The molecular weight excluding hydrogens is 276 g/mol. The summed E-state index contributed by atoms with van der Waals surface area (Å²) in [6.07, 6.45) is 0.818. The highest BCUT2D eigenvalue weighted by molar-refractivity contribution is 5.83. The van der Waals surface area contributed by atoms with Crippen molar-refractivity contribution in [3.63, 3.8) is 0 Å². The van der Waals surface area contributed by atoms with Crippen LogP contribution in [0.15, 0.2) is 18.6 Å². The number of nitrogens with zero attached hydrogens (tertiary/aromatic N) is 3. The van der Waals surface area contributed by atoms with Crippen LogP contribution in [0.5, 0.6) is 0 Å². The molecule has 1 aliphatic rings. The highest BCUT2D eigenvalue weighted by Gasteiger charge is 2.45. The van der Waals surface area contributed by atoms with Crippen LogP contribution >= 0.6 is 0 Å². The summed E-state index contributed by atoms with van der Waals surface area (Å²) in [6, 6.07) is 1.68. The number of nitrogen functional groups attached to an aromatic ring is 1. The van der Waals surface area contributed by atoms with Crippen molar-refractivity contribution in [2.75, 3.05) is 26.6 Å². The molecule has 2 aromatic rings. The minimum atomic E-state index is -0.851. The van der Waals surface area contributed by atoms with Crippen molar-refractivity contribution in [2.24, 2.45) is 0 Å². The first-order valence-corrected chi connectivity index (χ1v) is 6.59. The number of pyridine rings is 1. The van der Waals surface area contributed by atoms with E-state index < -0.39 is 18.4 Å². The van der Waals surface area contributed by atoms with Gasteiger partial charge in [0.25, 0.3) is 0 Å². The van der Waals surface area contributed by atoms with Crippen LogP contribution in [0.3, 0.4) is 0 Å². The quantitative estimate of drug-likeness (QED) is 0.813. The SMILES string of the molecule is COC[C@H]1O[C@@H](n2cnc3c(N)ccnc32)[C@@H](O)[C@@H]1OC. The van der Waals surface area contributed by atoms with Crippen molar-refractivity contribution < 1.29 is 19.3 Å². The number of ether oxygens (including phenoxy) is 3. The van der Waals surface area contributed by atoms with Gasteiger partial charge in [0, 0.05) is 20.4 Å². The maximum absolute atomic E-state index is 10.4. The molecule has 1 saturated heterocycles. The molecule has 0 saturated carbocycles. The smallest absolute Gasteiger partial charge is 0.165 e. The van der Waals surface area contributed by atoms with Crippen LogP contribution in [0.1, 0.15) is 6.23 Å². The van der Waals surface area contributed by atoms with E-state index in [0.717, 1.165) is 0 Å². The van der Waals surface area contributed by atoms with Gasteiger partial charge in [0.05, 0.1) is 18.6 Å². The van der Waals surface area contributed by atoms with E-state index >= 15 is 0 Å². The Kier molecular flexibility index (Phi) is 3.77. The topological polar surface area (TPSA) is 105 Å². The van der Waals surface area contributed by atoms with Crippen molar-refractivity contribution in [1.82, 2.24) is 14.5 Å². The Balaban J connectivity index is 1.97. The predicted octanol–water partition coefficient (Wildman–Crippen LogP) is -0.0668. The molecule has 0 bridgehead atoms. The lowest BCUT2D eigenvalue weighted by molar-refractivity contribution is -0.0612. The van der Waals surface area contributed by atoms with Gasteiger partial charge in [0.2, 0.25) is 0 Å². The van der Waals surface area contributed by atoms with Gasteiger partial charge in [-0.1, -0.05) is 0 Å². The summed E-state index contributed by atoms with van der Waals surface area (Å²) >= 11 is 0. The van der Waals surface area contributed by atoms with Gasteiger partial charge in [0.1, 0.15) is 23.8 Å². The fourth-order valence-corrected chi connectivity index (χ4v) is 2.68. The molecule has 0 aromatic carbocycles. The molecule has 1 fully saturated rings. The molecule has 3 rings (SSSR count). The average Bonchev–Trinajstić information content (AvgIpc) is 3.02. The first-order chi connectivity index (χ1) is 10.2. The van der Waals surface area contributed by atoms with E-state index in [1.54, 1.807) is 30.3 Å². The van der Waals surface area contributed by atoms with Gasteiger partial charge >= 0.3 is 0 Å². The van der Waals surface area contributed by atoms with Crippen LogP contribution in [-0.4, -0.2) is 58.8 Å². The minimum absolute atomic E-state index is 0.328. The van der Waals surface area contributed by atoms with Crippen molar-refractivity contribution >= 4 is 16.9 Å². The van der Waals surface area contributed by atoms with Crippen molar-refractivity contribution in [2.45, 2.75) is 24.5 Å². The van der Waals surface area contributed by atoms with Crippen LogP contribution in [0.2, 0.25) is 0 Å². The molecule has 4 atom stereocenters. The maximum Gasteiger partial charge on any atom is 0.165 e. The van der Waals surface area contributed by atoms with Gasteiger partial charge in [-0.3, -0.25) is 4.57 Å². The van der Waals surface area contributed by atoms with Crippen LogP contribution in [0.25, 0.3) is 11.2 Å².